The van der Waals surface area contributed by atoms with Crippen LogP contribution in [-0.2, 0) is 13.1 Å². The highest BCUT2D eigenvalue weighted by atomic mass is 16.5. The van der Waals surface area contributed by atoms with Crippen LogP contribution >= 0.6 is 0 Å². The van der Waals surface area contributed by atoms with Crippen molar-refractivity contribution in [3.05, 3.63) is 65.9 Å². The van der Waals surface area contributed by atoms with E-state index in [1.807, 2.05) is 54.6 Å². The number of guanidine groups is 1. The third-order valence-electron chi connectivity index (χ3n) is 3.72. The van der Waals surface area contributed by atoms with E-state index in [1.165, 1.54) is 0 Å². The zero-order chi connectivity index (χ0) is 16.8. The molecule has 0 aliphatic rings. The van der Waals surface area contributed by atoms with E-state index in [9.17, 15) is 0 Å². The van der Waals surface area contributed by atoms with Crippen LogP contribution in [0.25, 0.3) is 11.0 Å². The lowest BCUT2D eigenvalue weighted by atomic mass is 10.2. The number of hydrogen-bond acceptors (Lipinski definition) is 3. The van der Waals surface area contributed by atoms with Gasteiger partial charge in [0.25, 0.3) is 0 Å². The Hall–Kier alpha value is -2.95. The van der Waals surface area contributed by atoms with Gasteiger partial charge in [-0.2, -0.15) is 0 Å². The smallest absolute Gasteiger partial charge is 0.191 e. The number of nitrogens with zero attached hydrogens (tertiary/aromatic N) is 1. The van der Waals surface area contributed by atoms with Crippen LogP contribution < -0.4 is 15.4 Å². The number of benzene rings is 2. The van der Waals surface area contributed by atoms with E-state index in [1.54, 1.807) is 14.2 Å². The second kappa shape index (κ2) is 7.55. The van der Waals surface area contributed by atoms with E-state index in [-0.39, 0.29) is 0 Å². The molecule has 2 N–H and O–H groups in total. The van der Waals surface area contributed by atoms with Crippen molar-refractivity contribution in [3.63, 3.8) is 0 Å². The highest BCUT2D eigenvalue weighted by Crippen LogP contribution is 2.18. The minimum atomic E-state index is 0.576. The molecule has 5 heteroatoms. The topological polar surface area (TPSA) is 58.8 Å². The summed E-state index contributed by atoms with van der Waals surface area (Å²) >= 11 is 0. The van der Waals surface area contributed by atoms with E-state index in [0.717, 1.165) is 34.0 Å². The lowest BCUT2D eigenvalue weighted by molar-refractivity contribution is 0.414. The number of para-hydroxylation sites is 1. The minimum absolute atomic E-state index is 0.576. The summed E-state index contributed by atoms with van der Waals surface area (Å²) < 4.78 is 11.0. The number of hydrogen-bond donors (Lipinski definition) is 2. The molecule has 1 aromatic heterocycles. The molecule has 0 fully saturated rings. The molecule has 0 amide bonds. The Kier molecular flexibility index (Phi) is 5.01. The van der Waals surface area contributed by atoms with Crippen LogP contribution in [0.15, 0.2) is 64.0 Å². The summed E-state index contributed by atoms with van der Waals surface area (Å²) in [5.41, 5.74) is 2.02. The van der Waals surface area contributed by atoms with Gasteiger partial charge in [-0.15, -0.1) is 0 Å². The normalized spacial score (nSPS) is 11.5. The molecule has 0 aliphatic heterocycles. The number of furan rings is 1. The van der Waals surface area contributed by atoms with Gasteiger partial charge in [-0.3, -0.25) is 4.99 Å². The molecule has 3 aromatic rings. The molecule has 0 saturated carbocycles. The fraction of sp³-hybridized carbons (Fsp3) is 0.211. The van der Waals surface area contributed by atoms with E-state index < -0.39 is 0 Å². The predicted octanol–water partition coefficient (Wildman–Crippen LogP) is 3.31. The summed E-state index contributed by atoms with van der Waals surface area (Å²) in [6.07, 6.45) is 0. The highest BCUT2D eigenvalue weighted by molar-refractivity contribution is 5.80. The maximum absolute atomic E-state index is 5.79. The third-order valence-corrected chi connectivity index (χ3v) is 3.72. The molecule has 3 rings (SSSR count). The standard InChI is InChI=1S/C19H21N3O2/c1-20-19(21-12-14-6-5-8-16(10-14)23-2)22-13-17-11-15-7-3-4-9-18(15)24-17/h3-11H,12-13H2,1-2H3,(H2,20,21,22). The molecular formula is C19H21N3O2. The Bertz CT molecular complexity index is 806. The summed E-state index contributed by atoms with van der Waals surface area (Å²) in [6.45, 7) is 1.24. The molecule has 0 atom stereocenters. The van der Waals surface area contributed by atoms with Crippen molar-refractivity contribution in [1.82, 2.24) is 10.6 Å². The van der Waals surface area contributed by atoms with Gasteiger partial charge in [-0.05, 0) is 29.8 Å². The molecule has 24 heavy (non-hydrogen) atoms. The van der Waals surface area contributed by atoms with E-state index in [4.69, 9.17) is 9.15 Å². The summed E-state index contributed by atoms with van der Waals surface area (Å²) in [5, 5.41) is 7.65. The van der Waals surface area contributed by atoms with E-state index in [2.05, 4.69) is 15.6 Å². The monoisotopic (exact) mass is 323 g/mol. The van der Waals surface area contributed by atoms with Gasteiger partial charge in [0.2, 0.25) is 0 Å². The molecule has 0 unspecified atom stereocenters. The average Bonchev–Trinajstić information content (AvgIpc) is 3.05. The van der Waals surface area contributed by atoms with Gasteiger partial charge in [0, 0.05) is 19.0 Å². The zero-order valence-corrected chi connectivity index (χ0v) is 13.9. The minimum Gasteiger partial charge on any atom is -0.497 e. The van der Waals surface area contributed by atoms with Crippen LogP contribution in [-0.4, -0.2) is 20.1 Å². The van der Waals surface area contributed by atoms with Crippen LogP contribution in [0.4, 0.5) is 0 Å². The molecule has 1 heterocycles. The molecule has 0 aliphatic carbocycles. The largest absolute Gasteiger partial charge is 0.497 e. The molecule has 124 valence electrons. The van der Waals surface area contributed by atoms with Crippen LogP contribution in [0.3, 0.4) is 0 Å². The first-order valence-corrected chi connectivity index (χ1v) is 7.83. The van der Waals surface area contributed by atoms with Crippen molar-refractivity contribution in [2.24, 2.45) is 4.99 Å². The molecule has 0 saturated heterocycles. The maximum atomic E-state index is 5.79. The molecular weight excluding hydrogens is 302 g/mol. The Morgan fingerprint density at radius 3 is 2.67 bits per heavy atom. The van der Waals surface area contributed by atoms with Crippen LogP contribution in [0.2, 0.25) is 0 Å². The number of ether oxygens (including phenoxy) is 1. The van der Waals surface area contributed by atoms with Crippen LogP contribution in [0, 0.1) is 0 Å². The van der Waals surface area contributed by atoms with Crippen molar-refractivity contribution in [1.29, 1.82) is 0 Å². The Morgan fingerprint density at radius 2 is 1.88 bits per heavy atom. The van der Waals surface area contributed by atoms with E-state index in [0.29, 0.717) is 13.1 Å². The lowest BCUT2D eigenvalue weighted by Crippen LogP contribution is -2.36. The number of fused-ring (bicyclic) bond motifs is 1. The van der Waals surface area contributed by atoms with Gasteiger partial charge in [0.1, 0.15) is 17.1 Å². The average molecular weight is 323 g/mol. The molecule has 0 bridgehead atoms. The summed E-state index contributed by atoms with van der Waals surface area (Å²) in [6, 6.07) is 18.0. The van der Waals surface area contributed by atoms with Gasteiger partial charge in [-0.1, -0.05) is 30.3 Å². The number of aliphatic imine (C=N–C) groups is 1. The van der Waals surface area contributed by atoms with Crippen molar-refractivity contribution in [3.8, 4) is 5.75 Å². The fourth-order valence-electron chi connectivity index (χ4n) is 2.48. The fourth-order valence-corrected chi connectivity index (χ4v) is 2.48. The number of methoxy groups -OCH3 is 1. The predicted molar refractivity (Wildman–Crippen MR) is 96.2 cm³/mol. The van der Waals surface area contributed by atoms with Gasteiger partial charge >= 0.3 is 0 Å². The lowest BCUT2D eigenvalue weighted by Gasteiger charge is -2.11. The van der Waals surface area contributed by atoms with Crippen molar-refractivity contribution in [2.75, 3.05) is 14.2 Å². The van der Waals surface area contributed by atoms with Crippen LogP contribution in [0.5, 0.6) is 5.75 Å². The second-order valence-electron chi connectivity index (χ2n) is 5.38. The van der Waals surface area contributed by atoms with Crippen LogP contribution in [0.1, 0.15) is 11.3 Å². The number of rotatable bonds is 5. The first-order valence-electron chi connectivity index (χ1n) is 7.83. The maximum Gasteiger partial charge on any atom is 0.191 e. The molecule has 0 radical (unpaired) electrons. The number of nitrogens with one attached hydrogen (secondary N) is 2. The molecule has 2 aromatic carbocycles. The first-order chi connectivity index (χ1) is 11.8. The third kappa shape index (κ3) is 3.87. The molecule has 5 nitrogen and oxygen atoms in total. The van der Waals surface area contributed by atoms with Gasteiger partial charge in [0.15, 0.2) is 5.96 Å². The Labute approximate surface area is 141 Å². The summed E-state index contributed by atoms with van der Waals surface area (Å²) in [5.74, 6) is 2.44. The summed E-state index contributed by atoms with van der Waals surface area (Å²) in [4.78, 5) is 4.24. The van der Waals surface area contributed by atoms with E-state index >= 15 is 0 Å². The second-order valence-corrected chi connectivity index (χ2v) is 5.38. The first kappa shape index (κ1) is 15.9. The van der Waals surface area contributed by atoms with Gasteiger partial charge in [0.05, 0.1) is 13.7 Å². The van der Waals surface area contributed by atoms with Crippen molar-refractivity contribution in [2.45, 2.75) is 13.1 Å². The van der Waals surface area contributed by atoms with Crippen molar-refractivity contribution >= 4 is 16.9 Å². The highest BCUT2D eigenvalue weighted by Gasteiger charge is 2.04. The quantitative estimate of drug-likeness (QED) is 0.559. The summed E-state index contributed by atoms with van der Waals surface area (Å²) in [7, 11) is 3.42. The molecule has 0 spiro atoms. The van der Waals surface area contributed by atoms with Gasteiger partial charge in [-0.25, -0.2) is 0 Å². The Morgan fingerprint density at radius 1 is 1.04 bits per heavy atom. The SMILES string of the molecule is CN=C(NCc1cccc(OC)c1)NCc1cc2ccccc2o1. The van der Waals surface area contributed by atoms with Gasteiger partial charge < -0.3 is 19.8 Å². The zero-order valence-electron chi connectivity index (χ0n) is 13.9. The Balaban J connectivity index is 1.56. The van der Waals surface area contributed by atoms with Crippen molar-refractivity contribution < 1.29 is 9.15 Å².